The van der Waals surface area contributed by atoms with Crippen LogP contribution in [0.5, 0.6) is 0 Å². The van der Waals surface area contributed by atoms with Crippen molar-refractivity contribution in [1.29, 1.82) is 0 Å². The number of H-pyrrole nitrogens is 1. The Hall–Kier alpha value is -3.02. The number of piperazine rings is 1. The second-order valence-electron chi connectivity index (χ2n) is 7.62. The Labute approximate surface area is 171 Å². The molecule has 0 saturated carbocycles. The zero-order valence-electron chi connectivity index (χ0n) is 17.1. The van der Waals surface area contributed by atoms with E-state index >= 15 is 0 Å². The molecule has 3 aromatic rings. The van der Waals surface area contributed by atoms with Crippen molar-refractivity contribution in [2.45, 2.75) is 38.8 Å². The minimum atomic E-state index is -0.222. The van der Waals surface area contributed by atoms with E-state index in [1.54, 1.807) is 0 Å². The molecule has 3 heterocycles. The number of pyridine rings is 1. The Bertz CT molecular complexity index is 932. The van der Waals surface area contributed by atoms with Crippen molar-refractivity contribution in [3.05, 3.63) is 48.7 Å². The van der Waals surface area contributed by atoms with Crippen LogP contribution in [0.15, 0.2) is 48.7 Å². The van der Waals surface area contributed by atoms with Crippen LogP contribution < -0.4 is 15.1 Å². The van der Waals surface area contributed by atoms with Crippen molar-refractivity contribution in [3.8, 4) is 0 Å². The van der Waals surface area contributed by atoms with E-state index in [2.05, 4.69) is 63.2 Å². The third-order valence-electron chi connectivity index (χ3n) is 5.83. The standard InChI is InChI=1S/C23H29N5O/c1-3-18(4-2)25-21-10-7-11-24-23(21)27-12-13-28(19(15-27)16-29)22-14-17-8-5-6-9-20(17)26-22/h5-11,14,16,18-19,25-26H,3-4,12-13,15H2,1-2H3. The number of hydrogen-bond acceptors (Lipinski definition) is 5. The highest BCUT2D eigenvalue weighted by atomic mass is 16.1. The van der Waals surface area contributed by atoms with E-state index in [9.17, 15) is 4.79 Å². The van der Waals surface area contributed by atoms with Crippen molar-refractivity contribution in [2.75, 3.05) is 34.8 Å². The molecule has 152 valence electrons. The number of benzene rings is 1. The van der Waals surface area contributed by atoms with Crippen LogP contribution in [0, 0.1) is 0 Å². The van der Waals surface area contributed by atoms with E-state index in [1.807, 2.05) is 24.4 Å². The number of fused-ring (bicyclic) bond motifs is 1. The first kappa shape index (κ1) is 19.3. The molecule has 0 amide bonds. The van der Waals surface area contributed by atoms with E-state index < -0.39 is 0 Å². The predicted molar refractivity (Wildman–Crippen MR) is 120 cm³/mol. The van der Waals surface area contributed by atoms with Crippen LogP contribution in [0.1, 0.15) is 26.7 Å². The molecule has 0 radical (unpaired) electrons. The quantitative estimate of drug-likeness (QED) is 0.595. The van der Waals surface area contributed by atoms with E-state index in [1.165, 1.54) is 0 Å². The molecule has 1 aromatic carbocycles. The van der Waals surface area contributed by atoms with Gasteiger partial charge in [-0.05, 0) is 37.1 Å². The number of hydrogen-bond donors (Lipinski definition) is 2. The van der Waals surface area contributed by atoms with Crippen LogP contribution in [0.25, 0.3) is 10.9 Å². The lowest BCUT2D eigenvalue weighted by Crippen LogP contribution is -2.54. The summed E-state index contributed by atoms with van der Waals surface area (Å²) in [6.45, 7) is 6.58. The van der Waals surface area contributed by atoms with Crippen molar-refractivity contribution < 1.29 is 4.79 Å². The Morgan fingerprint density at radius 1 is 1.21 bits per heavy atom. The summed E-state index contributed by atoms with van der Waals surface area (Å²) < 4.78 is 0. The molecule has 29 heavy (non-hydrogen) atoms. The highest BCUT2D eigenvalue weighted by Crippen LogP contribution is 2.29. The van der Waals surface area contributed by atoms with Gasteiger partial charge in [-0.3, -0.25) is 0 Å². The number of aromatic nitrogens is 2. The summed E-state index contributed by atoms with van der Waals surface area (Å²) in [6, 6.07) is 14.6. The third kappa shape index (κ3) is 3.92. The number of rotatable bonds is 7. The Kier molecular flexibility index (Phi) is 5.69. The second-order valence-corrected chi connectivity index (χ2v) is 7.62. The first-order valence-corrected chi connectivity index (χ1v) is 10.5. The molecule has 2 N–H and O–H groups in total. The minimum Gasteiger partial charge on any atom is -0.379 e. The van der Waals surface area contributed by atoms with E-state index in [0.29, 0.717) is 12.6 Å². The van der Waals surface area contributed by atoms with Crippen LogP contribution in [0.3, 0.4) is 0 Å². The smallest absolute Gasteiger partial charge is 0.152 e. The Balaban J connectivity index is 1.55. The molecule has 6 nitrogen and oxygen atoms in total. The SMILES string of the molecule is CCC(CC)Nc1cccnc1N1CCN(c2cc3ccccc3[nH]2)C(C=O)C1. The predicted octanol–water partition coefficient (Wildman–Crippen LogP) is 4.06. The molecular formula is C23H29N5O. The lowest BCUT2D eigenvalue weighted by atomic mass is 10.1. The topological polar surface area (TPSA) is 64.3 Å². The first-order valence-electron chi connectivity index (χ1n) is 10.5. The van der Waals surface area contributed by atoms with Gasteiger partial charge in [0.25, 0.3) is 0 Å². The molecule has 1 fully saturated rings. The van der Waals surface area contributed by atoms with Crippen LogP contribution in [-0.2, 0) is 4.79 Å². The minimum absolute atomic E-state index is 0.222. The van der Waals surface area contributed by atoms with Gasteiger partial charge in [0.15, 0.2) is 5.82 Å². The molecule has 0 aliphatic carbocycles. The monoisotopic (exact) mass is 391 g/mol. The number of carbonyl (C=O) groups excluding carboxylic acids is 1. The zero-order chi connectivity index (χ0) is 20.2. The Morgan fingerprint density at radius 2 is 2.03 bits per heavy atom. The average molecular weight is 392 g/mol. The van der Waals surface area contributed by atoms with E-state index in [4.69, 9.17) is 0 Å². The van der Waals surface area contributed by atoms with Gasteiger partial charge >= 0.3 is 0 Å². The number of carbonyl (C=O) groups is 1. The normalized spacial score (nSPS) is 17.1. The molecule has 4 rings (SSSR count). The summed E-state index contributed by atoms with van der Waals surface area (Å²) in [5.74, 6) is 1.93. The fraction of sp³-hybridized carbons (Fsp3) is 0.391. The van der Waals surface area contributed by atoms with Crippen LogP contribution in [0.2, 0.25) is 0 Å². The van der Waals surface area contributed by atoms with Crippen molar-refractivity contribution in [3.63, 3.8) is 0 Å². The van der Waals surface area contributed by atoms with Crippen molar-refractivity contribution in [2.24, 2.45) is 0 Å². The molecule has 0 spiro atoms. The maximum atomic E-state index is 12.0. The van der Waals surface area contributed by atoms with Gasteiger partial charge in [-0.25, -0.2) is 4.98 Å². The highest BCUT2D eigenvalue weighted by molar-refractivity contribution is 5.85. The van der Waals surface area contributed by atoms with E-state index in [-0.39, 0.29) is 6.04 Å². The van der Waals surface area contributed by atoms with Crippen LogP contribution in [0.4, 0.5) is 17.3 Å². The molecular weight excluding hydrogens is 362 g/mol. The summed E-state index contributed by atoms with van der Waals surface area (Å²) in [5, 5.41) is 4.79. The Morgan fingerprint density at radius 3 is 2.79 bits per heavy atom. The first-order chi connectivity index (χ1) is 14.2. The molecule has 1 atom stereocenters. The maximum absolute atomic E-state index is 12.0. The number of anilines is 3. The number of nitrogens with one attached hydrogen (secondary N) is 2. The van der Waals surface area contributed by atoms with Crippen LogP contribution >= 0.6 is 0 Å². The molecule has 0 bridgehead atoms. The van der Waals surface area contributed by atoms with Gasteiger partial charge in [-0.15, -0.1) is 0 Å². The number of aromatic amines is 1. The number of aldehydes is 1. The van der Waals surface area contributed by atoms with Gasteiger partial charge in [-0.1, -0.05) is 32.0 Å². The van der Waals surface area contributed by atoms with Crippen molar-refractivity contribution in [1.82, 2.24) is 9.97 Å². The lowest BCUT2D eigenvalue weighted by Gasteiger charge is -2.40. The zero-order valence-corrected chi connectivity index (χ0v) is 17.1. The molecule has 1 unspecified atom stereocenters. The highest BCUT2D eigenvalue weighted by Gasteiger charge is 2.29. The fourth-order valence-corrected chi connectivity index (χ4v) is 4.10. The molecule has 1 aliphatic rings. The average Bonchev–Trinajstić information content (AvgIpc) is 3.21. The summed E-state index contributed by atoms with van der Waals surface area (Å²) in [7, 11) is 0. The van der Waals surface area contributed by atoms with Gasteiger partial charge < -0.3 is 24.9 Å². The van der Waals surface area contributed by atoms with Gasteiger partial charge in [0, 0.05) is 42.8 Å². The summed E-state index contributed by atoms with van der Waals surface area (Å²) in [6.07, 6.45) is 5.01. The molecule has 1 saturated heterocycles. The fourth-order valence-electron chi connectivity index (χ4n) is 4.10. The van der Waals surface area contributed by atoms with Gasteiger partial charge in [0.2, 0.25) is 0 Å². The third-order valence-corrected chi connectivity index (χ3v) is 5.83. The van der Waals surface area contributed by atoms with E-state index in [0.717, 1.165) is 60.4 Å². The summed E-state index contributed by atoms with van der Waals surface area (Å²) >= 11 is 0. The summed E-state index contributed by atoms with van der Waals surface area (Å²) in [4.78, 5) is 24.5. The summed E-state index contributed by atoms with van der Waals surface area (Å²) in [5.41, 5.74) is 2.14. The second kappa shape index (κ2) is 8.55. The van der Waals surface area contributed by atoms with Gasteiger partial charge in [0.05, 0.1) is 5.69 Å². The molecule has 6 heteroatoms. The number of nitrogens with zero attached hydrogens (tertiary/aromatic N) is 3. The molecule has 2 aromatic heterocycles. The van der Waals surface area contributed by atoms with Gasteiger partial charge in [0.1, 0.15) is 18.1 Å². The van der Waals surface area contributed by atoms with Crippen LogP contribution in [-0.4, -0.2) is 48.0 Å². The van der Waals surface area contributed by atoms with Crippen molar-refractivity contribution >= 4 is 34.5 Å². The molecule has 1 aliphatic heterocycles. The number of para-hydroxylation sites is 1. The largest absolute Gasteiger partial charge is 0.379 e. The lowest BCUT2D eigenvalue weighted by molar-refractivity contribution is -0.109. The van der Waals surface area contributed by atoms with Gasteiger partial charge in [-0.2, -0.15) is 0 Å². The maximum Gasteiger partial charge on any atom is 0.152 e.